The van der Waals surface area contributed by atoms with Crippen LogP contribution in [0.4, 0.5) is 5.82 Å². The van der Waals surface area contributed by atoms with Crippen LogP contribution in [-0.4, -0.2) is 22.0 Å². The first-order chi connectivity index (χ1) is 7.72. The van der Waals surface area contributed by atoms with Gasteiger partial charge >= 0.3 is 5.97 Å². The van der Waals surface area contributed by atoms with Gasteiger partial charge < -0.3 is 14.9 Å². The van der Waals surface area contributed by atoms with Crippen LogP contribution >= 0.6 is 0 Å². The summed E-state index contributed by atoms with van der Waals surface area (Å²) in [5.74, 6) is 0.0825. The van der Waals surface area contributed by atoms with Crippen molar-refractivity contribution in [3.8, 4) is 0 Å². The summed E-state index contributed by atoms with van der Waals surface area (Å²) < 4.78 is 6.68. The number of carbonyl (C=O) groups is 1. The van der Waals surface area contributed by atoms with E-state index in [1.807, 2.05) is 24.4 Å². The van der Waals surface area contributed by atoms with E-state index in [1.54, 1.807) is 11.3 Å². The van der Waals surface area contributed by atoms with Crippen molar-refractivity contribution in [2.75, 3.05) is 12.3 Å². The van der Waals surface area contributed by atoms with Gasteiger partial charge in [0.1, 0.15) is 11.5 Å². The smallest absolute Gasteiger partial charge is 0.311 e. The van der Waals surface area contributed by atoms with E-state index in [0.29, 0.717) is 18.1 Å². The second kappa shape index (κ2) is 4.22. The molecule has 2 aromatic rings. The molecule has 2 rings (SSSR count). The average Bonchev–Trinajstić information content (AvgIpc) is 2.56. The van der Waals surface area contributed by atoms with Gasteiger partial charge in [-0.3, -0.25) is 4.79 Å². The minimum Gasteiger partial charge on any atom is -0.466 e. The number of carbonyl (C=O) groups excluding carboxylic acids is 1. The maximum absolute atomic E-state index is 11.4. The predicted molar refractivity (Wildman–Crippen MR) is 59.9 cm³/mol. The number of nitrogen functional groups attached to an aromatic ring is 1. The first-order valence-corrected chi connectivity index (χ1v) is 5.09. The Bertz CT molecular complexity index is 519. The van der Waals surface area contributed by atoms with E-state index in [1.165, 1.54) is 0 Å². The van der Waals surface area contributed by atoms with Gasteiger partial charge in [-0.15, -0.1) is 0 Å². The number of hydrogen-bond donors (Lipinski definition) is 1. The molecule has 0 bridgehead atoms. The number of ether oxygens (including phenoxy) is 1. The van der Waals surface area contributed by atoms with E-state index < -0.39 is 0 Å². The minimum absolute atomic E-state index is 0.144. The molecule has 0 atom stereocenters. The van der Waals surface area contributed by atoms with Gasteiger partial charge in [0, 0.05) is 6.20 Å². The van der Waals surface area contributed by atoms with E-state index in [2.05, 4.69) is 4.98 Å². The maximum Gasteiger partial charge on any atom is 0.311 e. The van der Waals surface area contributed by atoms with Gasteiger partial charge in [-0.25, -0.2) is 4.98 Å². The van der Waals surface area contributed by atoms with E-state index in [9.17, 15) is 4.79 Å². The van der Waals surface area contributed by atoms with Crippen LogP contribution in [0.3, 0.4) is 0 Å². The van der Waals surface area contributed by atoms with E-state index in [4.69, 9.17) is 10.5 Å². The first-order valence-electron chi connectivity index (χ1n) is 5.09. The summed E-state index contributed by atoms with van der Waals surface area (Å²) in [5.41, 5.74) is 7.17. The van der Waals surface area contributed by atoms with Crippen LogP contribution in [0.25, 0.3) is 5.65 Å². The number of esters is 1. The molecule has 0 aliphatic rings. The highest BCUT2D eigenvalue weighted by Gasteiger charge is 2.13. The fraction of sp³-hybridized carbons (Fsp3) is 0.273. The summed E-state index contributed by atoms with van der Waals surface area (Å²) in [4.78, 5) is 15.5. The summed E-state index contributed by atoms with van der Waals surface area (Å²) in [5, 5.41) is 0. The predicted octanol–water partition coefficient (Wildman–Crippen LogP) is 1.02. The lowest BCUT2D eigenvalue weighted by atomic mass is 10.3. The molecule has 5 nitrogen and oxygen atoms in total. The molecule has 0 amide bonds. The third-order valence-corrected chi connectivity index (χ3v) is 2.28. The highest BCUT2D eigenvalue weighted by Crippen LogP contribution is 2.15. The summed E-state index contributed by atoms with van der Waals surface area (Å²) >= 11 is 0. The fourth-order valence-electron chi connectivity index (χ4n) is 1.59. The molecule has 0 spiro atoms. The molecule has 0 aromatic carbocycles. The SMILES string of the molecule is CCOC(=O)Cc1c(N)nc2ccccn12. The van der Waals surface area contributed by atoms with Crippen molar-refractivity contribution in [3.63, 3.8) is 0 Å². The second-order valence-corrected chi connectivity index (χ2v) is 3.35. The van der Waals surface area contributed by atoms with Crippen LogP contribution in [-0.2, 0) is 16.0 Å². The molecule has 0 saturated carbocycles. The van der Waals surface area contributed by atoms with Crippen molar-refractivity contribution in [3.05, 3.63) is 30.1 Å². The van der Waals surface area contributed by atoms with Gasteiger partial charge in [-0.1, -0.05) is 6.07 Å². The number of rotatable bonds is 3. The van der Waals surface area contributed by atoms with Gasteiger partial charge in [0.15, 0.2) is 0 Å². The van der Waals surface area contributed by atoms with Crippen molar-refractivity contribution in [2.45, 2.75) is 13.3 Å². The maximum atomic E-state index is 11.4. The van der Waals surface area contributed by atoms with E-state index >= 15 is 0 Å². The Morgan fingerprint density at radius 3 is 3.12 bits per heavy atom. The number of hydrogen-bond acceptors (Lipinski definition) is 4. The third kappa shape index (κ3) is 1.84. The lowest BCUT2D eigenvalue weighted by Gasteiger charge is -2.02. The summed E-state index contributed by atoms with van der Waals surface area (Å²) in [6.45, 7) is 2.14. The topological polar surface area (TPSA) is 69.6 Å². The number of fused-ring (bicyclic) bond motifs is 1. The molecule has 0 saturated heterocycles. The van der Waals surface area contributed by atoms with E-state index in [0.717, 1.165) is 5.65 Å². The summed E-state index contributed by atoms with van der Waals surface area (Å²) in [6.07, 6.45) is 1.97. The van der Waals surface area contributed by atoms with Crippen molar-refractivity contribution in [1.29, 1.82) is 0 Å². The molecule has 0 radical (unpaired) electrons. The lowest BCUT2D eigenvalue weighted by Crippen LogP contribution is -2.10. The van der Waals surface area contributed by atoms with Gasteiger partial charge in [-0.05, 0) is 19.1 Å². The Hall–Kier alpha value is -2.04. The Labute approximate surface area is 92.8 Å². The zero-order valence-corrected chi connectivity index (χ0v) is 9.01. The number of nitrogens with zero attached hydrogens (tertiary/aromatic N) is 2. The summed E-state index contributed by atoms with van der Waals surface area (Å²) in [7, 11) is 0. The lowest BCUT2D eigenvalue weighted by molar-refractivity contribution is -0.142. The standard InChI is InChI=1S/C11H13N3O2/c1-2-16-10(15)7-8-11(12)13-9-5-3-4-6-14(8)9/h3-6H,2,7,12H2,1H3. The van der Waals surface area contributed by atoms with Gasteiger partial charge in [0.2, 0.25) is 0 Å². The monoisotopic (exact) mass is 219 g/mol. The van der Waals surface area contributed by atoms with Gasteiger partial charge in [-0.2, -0.15) is 0 Å². The molecule has 0 unspecified atom stereocenters. The third-order valence-electron chi connectivity index (χ3n) is 2.28. The molecule has 2 aromatic heterocycles. The van der Waals surface area contributed by atoms with Crippen LogP contribution < -0.4 is 5.73 Å². The fourth-order valence-corrected chi connectivity index (χ4v) is 1.59. The zero-order valence-electron chi connectivity index (χ0n) is 9.01. The number of pyridine rings is 1. The molecular weight excluding hydrogens is 206 g/mol. The summed E-state index contributed by atoms with van der Waals surface area (Å²) in [6, 6.07) is 5.57. The van der Waals surface area contributed by atoms with Crippen molar-refractivity contribution in [2.24, 2.45) is 0 Å². The number of imidazole rings is 1. The Balaban J connectivity index is 2.36. The van der Waals surface area contributed by atoms with E-state index in [-0.39, 0.29) is 12.4 Å². The molecule has 16 heavy (non-hydrogen) atoms. The average molecular weight is 219 g/mol. The normalized spacial score (nSPS) is 10.6. The van der Waals surface area contributed by atoms with Crippen LogP contribution in [0.15, 0.2) is 24.4 Å². The Kier molecular flexibility index (Phi) is 2.76. The second-order valence-electron chi connectivity index (χ2n) is 3.35. The van der Waals surface area contributed by atoms with Crippen LogP contribution in [0.5, 0.6) is 0 Å². The van der Waals surface area contributed by atoms with Crippen molar-refractivity contribution < 1.29 is 9.53 Å². The molecule has 0 fully saturated rings. The van der Waals surface area contributed by atoms with Gasteiger partial charge in [0.05, 0.1) is 18.7 Å². The number of anilines is 1. The van der Waals surface area contributed by atoms with Crippen LogP contribution in [0.1, 0.15) is 12.6 Å². The van der Waals surface area contributed by atoms with Crippen molar-refractivity contribution in [1.82, 2.24) is 9.38 Å². The van der Waals surface area contributed by atoms with Crippen LogP contribution in [0.2, 0.25) is 0 Å². The molecule has 0 aliphatic carbocycles. The molecular formula is C11H13N3O2. The number of nitrogens with two attached hydrogens (primary N) is 1. The highest BCUT2D eigenvalue weighted by molar-refractivity contribution is 5.74. The van der Waals surface area contributed by atoms with Gasteiger partial charge in [0.25, 0.3) is 0 Å². The number of aromatic nitrogens is 2. The Morgan fingerprint density at radius 2 is 2.38 bits per heavy atom. The molecule has 2 N–H and O–H groups in total. The molecule has 84 valence electrons. The first kappa shape index (κ1) is 10.5. The zero-order chi connectivity index (χ0) is 11.5. The minimum atomic E-state index is -0.292. The highest BCUT2D eigenvalue weighted by atomic mass is 16.5. The van der Waals surface area contributed by atoms with Crippen LogP contribution in [0, 0.1) is 0 Å². The van der Waals surface area contributed by atoms with Crippen molar-refractivity contribution >= 4 is 17.4 Å². The molecule has 5 heteroatoms. The molecule has 2 heterocycles. The quantitative estimate of drug-likeness (QED) is 0.782. The largest absolute Gasteiger partial charge is 0.466 e. The molecule has 0 aliphatic heterocycles. The Morgan fingerprint density at radius 1 is 1.56 bits per heavy atom.